The van der Waals surface area contributed by atoms with Crippen LogP contribution in [0.4, 0.5) is 0 Å². The molecule has 3 heteroatoms. The largest absolute Gasteiger partial charge is 0.504 e. The molecule has 0 amide bonds. The van der Waals surface area contributed by atoms with Crippen molar-refractivity contribution in [2.75, 3.05) is 0 Å². The van der Waals surface area contributed by atoms with E-state index >= 15 is 0 Å². The number of hydrogen-bond acceptors (Lipinski definition) is 3. The van der Waals surface area contributed by atoms with E-state index in [1.54, 1.807) is 12.1 Å². The van der Waals surface area contributed by atoms with Crippen molar-refractivity contribution in [3.05, 3.63) is 18.2 Å². The molecule has 1 N–H and O–H groups in total. The molecular weight excluding hydrogens is 240 g/mol. The lowest BCUT2D eigenvalue weighted by Gasteiger charge is -2.24. The lowest BCUT2D eigenvalue weighted by atomic mass is 9.98. The van der Waals surface area contributed by atoms with Gasteiger partial charge in [0.05, 0.1) is 6.10 Å². The highest BCUT2D eigenvalue weighted by Gasteiger charge is 2.18. The highest BCUT2D eigenvalue weighted by atomic mass is 16.5. The Kier molecular flexibility index (Phi) is 4.23. The molecule has 1 aliphatic carbocycles. The van der Waals surface area contributed by atoms with Gasteiger partial charge < -0.3 is 14.6 Å². The Hall–Kier alpha value is -1.38. The Morgan fingerprint density at radius 1 is 1.11 bits per heavy atom. The number of hydrogen-bond donors (Lipinski definition) is 1. The van der Waals surface area contributed by atoms with Crippen LogP contribution in [0, 0.1) is 0 Å². The highest BCUT2D eigenvalue weighted by Crippen LogP contribution is 2.34. The van der Waals surface area contributed by atoms with Crippen LogP contribution >= 0.6 is 0 Å². The third-order valence-electron chi connectivity index (χ3n) is 3.20. The Bertz CT molecular complexity index is 414. The summed E-state index contributed by atoms with van der Waals surface area (Å²) in [5.41, 5.74) is -0.266. The van der Waals surface area contributed by atoms with E-state index in [2.05, 4.69) is 0 Å². The molecule has 0 saturated heterocycles. The van der Waals surface area contributed by atoms with Gasteiger partial charge in [0.15, 0.2) is 11.5 Å². The molecule has 0 aliphatic heterocycles. The summed E-state index contributed by atoms with van der Waals surface area (Å²) in [7, 11) is 0. The molecule has 1 aliphatic rings. The SMILES string of the molecule is CC(C)(C)Oc1ccc(OC2CCCCC2)c(O)c1. The van der Waals surface area contributed by atoms with Crippen LogP contribution in [-0.4, -0.2) is 16.8 Å². The predicted molar refractivity (Wildman–Crippen MR) is 76.0 cm³/mol. The second kappa shape index (κ2) is 5.72. The minimum atomic E-state index is -0.266. The summed E-state index contributed by atoms with van der Waals surface area (Å²) < 4.78 is 11.6. The molecule has 1 saturated carbocycles. The molecule has 0 atom stereocenters. The molecule has 1 fully saturated rings. The van der Waals surface area contributed by atoms with E-state index < -0.39 is 0 Å². The van der Waals surface area contributed by atoms with Crippen molar-refractivity contribution in [3.8, 4) is 17.2 Å². The van der Waals surface area contributed by atoms with Gasteiger partial charge in [-0.15, -0.1) is 0 Å². The smallest absolute Gasteiger partial charge is 0.161 e. The van der Waals surface area contributed by atoms with Crippen LogP contribution in [0.3, 0.4) is 0 Å². The first kappa shape index (κ1) is 14.0. The summed E-state index contributed by atoms with van der Waals surface area (Å²) in [5, 5.41) is 10.0. The van der Waals surface area contributed by atoms with Gasteiger partial charge in [-0.1, -0.05) is 6.42 Å². The fourth-order valence-electron chi connectivity index (χ4n) is 2.38. The first-order valence-electron chi connectivity index (χ1n) is 7.13. The molecule has 1 aromatic rings. The lowest BCUT2D eigenvalue weighted by molar-refractivity contribution is 0.128. The van der Waals surface area contributed by atoms with Crippen LogP contribution in [0.1, 0.15) is 52.9 Å². The molecule has 0 heterocycles. The average Bonchev–Trinajstić information content (AvgIpc) is 2.32. The van der Waals surface area contributed by atoms with Crippen LogP contribution in [-0.2, 0) is 0 Å². The maximum atomic E-state index is 10.0. The molecule has 106 valence electrons. The fourth-order valence-corrected chi connectivity index (χ4v) is 2.38. The molecule has 0 aromatic heterocycles. The molecule has 1 aromatic carbocycles. The normalized spacial score (nSPS) is 17.2. The van der Waals surface area contributed by atoms with Crippen molar-refractivity contribution in [3.63, 3.8) is 0 Å². The van der Waals surface area contributed by atoms with Crippen LogP contribution in [0.2, 0.25) is 0 Å². The van der Waals surface area contributed by atoms with Gasteiger partial charge in [0.1, 0.15) is 11.4 Å². The van der Waals surface area contributed by atoms with Gasteiger partial charge in [-0.05, 0) is 58.6 Å². The first-order chi connectivity index (χ1) is 8.94. The van der Waals surface area contributed by atoms with Crippen molar-refractivity contribution in [1.82, 2.24) is 0 Å². The maximum absolute atomic E-state index is 10.0. The van der Waals surface area contributed by atoms with E-state index in [0.717, 1.165) is 12.8 Å². The number of benzene rings is 1. The fraction of sp³-hybridized carbons (Fsp3) is 0.625. The Balaban J connectivity index is 2.02. The van der Waals surface area contributed by atoms with Gasteiger partial charge in [0.25, 0.3) is 0 Å². The molecular formula is C16H24O3. The topological polar surface area (TPSA) is 38.7 Å². The van der Waals surface area contributed by atoms with Crippen molar-refractivity contribution in [2.45, 2.75) is 64.6 Å². The van der Waals surface area contributed by atoms with Crippen LogP contribution in [0.5, 0.6) is 17.2 Å². The quantitative estimate of drug-likeness (QED) is 0.885. The van der Waals surface area contributed by atoms with Crippen LogP contribution < -0.4 is 9.47 Å². The van der Waals surface area contributed by atoms with Gasteiger partial charge in [0.2, 0.25) is 0 Å². The molecule has 0 spiro atoms. The highest BCUT2D eigenvalue weighted by molar-refractivity contribution is 5.44. The second-order valence-corrected chi connectivity index (χ2v) is 6.22. The van der Waals surface area contributed by atoms with E-state index in [4.69, 9.17) is 9.47 Å². The monoisotopic (exact) mass is 264 g/mol. The van der Waals surface area contributed by atoms with Gasteiger partial charge in [0, 0.05) is 6.07 Å². The van der Waals surface area contributed by atoms with E-state index in [1.807, 2.05) is 26.8 Å². The third-order valence-corrected chi connectivity index (χ3v) is 3.20. The summed E-state index contributed by atoms with van der Waals surface area (Å²) in [5.74, 6) is 1.39. The molecule has 2 rings (SSSR count). The summed E-state index contributed by atoms with van der Waals surface area (Å²) in [6.45, 7) is 5.95. The standard InChI is InChI=1S/C16H24O3/c1-16(2,3)19-13-9-10-15(14(17)11-13)18-12-7-5-4-6-8-12/h9-12,17H,4-8H2,1-3H3. The van der Waals surface area contributed by atoms with Crippen molar-refractivity contribution in [2.24, 2.45) is 0 Å². The first-order valence-corrected chi connectivity index (χ1v) is 7.13. The van der Waals surface area contributed by atoms with E-state index in [9.17, 15) is 5.11 Å². The van der Waals surface area contributed by atoms with Gasteiger partial charge in [-0.2, -0.15) is 0 Å². The minimum Gasteiger partial charge on any atom is -0.504 e. The summed E-state index contributed by atoms with van der Waals surface area (Å²) in [6, 6.07) is 5.28. The molecule has 0 bridgehead atoms. The Morgan fingerprint density at radius 3 is 2.37 bits per heavy atom. The number of ether oxygens (including phenoxy) is 2. The summed E-state index contributed by atoms with van der Waals surface area (Å²) in [6.07, 6.45) is 6.14. The summed E-state index contributed by atoms with van der Waals surface area (Å²) >= 11 is 0. The number of phenols is 1. The van der Waals surface area contributed by atoms with E-state index in [1.165, 1.54) is 19.3 Å². The zero-order chi connectivity index (χ0) is 13.9. The minimum absolute atomic E-state index is 0.160. The Morgan fingerprint density at radius 2 is 1.79 bits per heavy atom. The Labute approximate surface area is 115 Å². The van der Waals surface area contributed by atoms with Gasteiger partial charge in [-0.3, -0.25) is 0 Å². The van der Waals surface area contributed by atoms with Crippen molar-refractivity contribution < 1.29 is 14.6 Å². The zero-order valence-corrected chi connectivity index (χ0v) is 12.1. The van der Waals surface area contributed by atoms with Crippen molar-refractivity contribution in [1.29, 1.82) is 0 Å². The second-order valence-electron chi connectivity index (χ2n) is 6.22. The predicted octanol–water partition coefficient (Wildman–Crippen LogP) is 4.28. The van der Waals surface area contributed by atoms with Gasteiger partial charge >= 0.3 is 0 Å². The number of phenolic OH excluding ortho intramolecular Hbond substituents is 1. The number of aromatic hydroxyl groups is 1. The summed E-state index contributed by atoms with van der Waals surface area (Å²) in [4.78, 5) is 0. The number of rotatable bonds is 3. The van der Waals surface area contributed by atoms with Crippen LogP contribution in [0.15, 0.2) is 18.2 Å². The van der Waals surface area contributed by atoms with E-state index in [0.29, 0.717) is 11.5 Å². The molecule has 19 heavy (non-hydrogen) atoms. The van der Waals surface area contributed by atoms with Crippen molar-refractivity contribution >= 4 is 0 Å². The van der Waals surface area contributed by atoms with Crippen LogP contribution in [0.25, 0.3) is 0 Å². The third kappa shape index (κ3) is 4.34. The maximum Gasteiger partial charge on any atom is 0.161 e. The molecule has 0 unspecified atom stereocenters. The average molecular weight is 264 g/mol. The van der Waals surface area contributed by atoms with E-state index in [-0.39, 0.29) is 17.5 Å². The zero-order valence-electron chi connectivity index (χ0n) is 12.1. The molecule has 3 nitrogen and oxygen atoms in total. The van der Waals surface area contributed by atoms with Gasteiger partial charge in [-0.25, -0.2) is 0 Å². The lowest BCUT2D eigenvalue weighted by Crippen LogP contribution is -2.23. The molecule has 0 radical (unpaired) electrons.